The Bertz CT molecular complexity index is 595. The van der Waals surface area contributed by atoms with Gasteiger partial charge in [0.1, 0.15) is 6.04 Å². The zero-order chi connectivity index (χ0) is 15.9. The summed E-state index contributed by atoms with van der Waals surface area (Å²) in [5.41, 5.74) is 1.14. The second-order valence-corrected chi connectivity index (χ2v) is 7.62. The number of likely N-dealkylation sites (tertiary alicyclic amines) is 1. The molecule has 120 valence electrons. The molecular formula is C17H23NO3S. The van der Waals surface area contributed by atoms with Crippen LogP contribution in [-0.2, 0) is 11.2 Å². The first-order valence-corrected chi connectivity index (χ1v) is 8.99. The quantitative estimate of drug-likeness (QED) is 0.927. The number of nitrogens with zero attached hydrogens (tertiary/aromatic N) is 1. The molecule has 2 aliphatic rings. The molecule has 1 saturated heterocycles. The summed E-state index contributed by atoms with van der Waals surface area (Å²) in [4.78, 5) is 28.2. The van der Waals surface area contributed by atoms with Crippen LogP contribution in [0.25, 0.3) is 0 Å². The van der Waals surface area contributed by atoms with Crippen LogP contribution in [-0.4, -0.2) is 34.0 Å². The second kappa shape index (κ2) is 6.03. The van der Waals surface area contributed by atoms with E-state index in [9.17, 15) is 14.7 Å². The van der Waals surface area contributed by atoms with Crippen molar-refractivity contribution in [1.29, 1.82) is 0 Å². The van der Waals surface area contributed by atoms with Gasteiger partial charge in [0, 0.05) is 10.9 Å². The van der Waals surface area contributed by atoms with Crippen molar-refractivity contribution in [2.24, 2.45) is 5.92 Å². The molecule has 2 heterocycles. The summed E-state index contributed by atoms with van der Waals surface area (Å²) in [5.74, 6) is -0.563. The van der Waals surface area contributed by atoms with Gasteiger partial charge in [-0.05, 0) is 50.2 Å². The van der Waals surface area contributed by atoms with Crippen LogP contribution >= 0.6 is 11.3 Å². The molecule has 1 N–H and O–H groups in total. The highest BCUT2D eigenvalue weighted by Gasteiger charge is 2.47. The van der Waals surface area contributed by atoms with Gasteiger partial charge in [-0.2, -0.15) is 0 Å². The van der Waals surface area contributed by atoms with Crippen molar-refractivity contribution in [2.45, 2.75) is 64.5 Å². The molecule has 1 aliphatic carbocycles. The van der Waals surface area contributed by atoms with Crippen molar-refractivity contribution in [3.8, 4) is 0 Å². The maximum Gasteiger partial charge on any atom is 0.326 e. The van der Waals surface area contributed by atoms with E-state index < -0.39 is 12.0 Å². The molecule has 3 rings (SSSR count). The van der Waals surface area contributed by atoms with Crippen molar-refractivity contribution >= 4 is 23.2 Å². The van der Waals surface area contributed by atoms with Crippen LogP contribution in [0, 0.1) is 12.8 Å². The van der Waals surface area contributed by atoms with Gasteiger partial charge in [-0.1, -0.05) is 19.8 Å². The number of rotatable bonds is 3. The van der Waals surface area contributed by atoms with E-state index in [1.165, 1.54) is 16.2 Å². The Balaban J connectivity index is 1.91. The third-order valence-electron chi connectivity index (χ3n) is 5.16. The third-order valence-corrected chi connectivity index (χ3v) is 6.53. The first-order valence-electron chi connectivity index (χ1n) is 8.17. The first kappa shape index (κ1) is 15.5. The Morgan fingerprint density at radius 3 is 2.73 bits per heavy atom. The maximum absolute atomic E-state index is 13.0. The summed E-state index contributed by atoms with van der Waals surface area (Å²) in [7, 11) is 0. The predicted octanol–water partition coefficient (Wildman–Crippen LogP) is 3.48. The number of hydrogen-bond acceptors (Lipinski definition) is 3. The Kier molecular flexibility index (Phi) is 4.26. The Hall–Kier alpha value is -1.36. The standard InChI is InChI=1S/C17H23NO3S/c1-3-14-10(2)8-15(22-14)16(19)18-12-7-5-4-6-11(12)9-13(18)17(20)21/h8,11-13H,3-7,9H2,1-2H3,(H,20,21). The number of thiophene rings is 1. The molecule has 0 spiro atoms. The molecule has 3 atom stereocenters. The highest BCUT2D eigenvalue weighted by atomic mass is 32.1. The molecule has 3 unspecified atom stereocenters. The summed E-state index contributed by atoms with van der Waals surface area (Å²) < 4.78 is 0. The molecule has 0 bridgehead atoms. The number of amides is 1. The summed E-state index contributed by atoms with van der Waals surface area (Å²) in [5, 5.41) is 9.54. The van der Waals surface area contributed by atoms with Gasteiger partial charge in [0.05, 0.1) is 4.88 Å². The minimum absolute atomic E-state index is 0.0744. The number of carbonyl (C=O) groups excluding carboxylic acids is 1. The third kappa shape index (κ3) is 2.56. The highest BCUT2D eigenvalue weighted by Crippen LogP contribution is 2.41. The van der Waals surface area contributed by atoms with Crippen LogP contribution in [0.1, 0.15) is 59.1 Å². The Morgan fingerprint density at radius 1 is 1.36 bits per heavy atom. The molecule has 5 heteroatoms. The van der Waals surface area contributed by atoms with Crippen LogP contribution in [0.4, 0.5) is 0 Å². The fraction of sp³-hybridized carbons (Fsp3) is 0.647. The van der Waals surface area contributed by atoms with E-state index in [1.54, 1.807) is 4.90 Å². The number of carboxylic acids is 1. The van der Waals surface area contributed by atoms with Crippen molar-refractivity contribution in [1.82, 2.24) is 4.90 Å². The van der Waals surface area contributed by atoms with E-state index >= 15 is 0 Å². The van der Waals surface area contributed by atoms with Gasteiger partial charge in [-0.3, -0.25) is 4.79 Å². The van der Waals surface area contributed by atoms with Gasteiger partial charge in [0.2, 0.25) is 0 Å². The average molecular weight is 321 g/mol. The van der Waals surface area contributed by atoms with Crippen molar-refractivity contribution in [3.05, 3.63) is 21.4 Å². The predicted molar refractivity (Wildman–Crippen MR) is 86.4 cm³/mol. The van der Waals surface area contributed by atoms with E-state index in [1.807, 2.05) is 13.0 Å². The molecule has 1 aromatic rings. The Labute approximate surface area is 135 Å². The molecule has 1 aliphatic heterocycles. The second-order valence-electron chi connectivity index (χ2n) is 6.48. The van der Waals surface area contributed by atoms with E-state index in [0.717, 1.165) is 37.7 Å². The fourth-order valence-corrected chi connectivity index (χ4v) is 5.13. The van der Waals surface area contributed by atoms with Crippen LogP contribution in [0.5, 0.6) is 0 Å². The lowest BCUT2D eigenvalue weighted by Gasteiger charge is -2.32. The zero-order valence-corrected chi connectivity index (χ0v) is 14.0. The van der Waals surface area contributed by atoms with E-state index in [0.29, 0.717) is 17.2 Å². The summed E-state index contributed by atoms with van der Waals surface area (Å²) in [6.45, 7) is 4.11. The number of carboxylic acid groups (broad SMARTS) is 1. The first-order chi connectivity index (χ1) is 10.5. The van der Waals surface area contributed by atoms with Gasteiger partial charge < -0.3 is 10.0 Å². The molecular weight excluding hydrogens is 298 g/mol. The average Bonchev–Trinajstić information content (AvgIpc) is 3.07. The van der Waals surface area contributed by atoms with Gasteiger partial charge >= 0.3 is 5.97 Å². The summed E-state index contributed by atoms with van der Waals surface area (Å²) >= 11 is 1.52. The number of hydrogen-bond donors (Lipinski definition) is 1. The number of aryl methyl sites for hydroxylation is 2. The molecule has 0 aromatic carbocycles. The maximum atomic E-state index is 13.0. The highest BCUT2D eigenvalue weighted by molar-refractivity contribution is 7.14. The number of aliphatic carboxylic acids is 1. The SMILES string of the molecule is CCc1sc(C(=O)N2C(C(=O)O)CC3CCCCC32)cc1C. The molecule has 1 saturated carbocycles. The molecule has 2 fully saturated rings. The molecule has 1 amide bonds. The monoisotopic (exact) mass is 321 g/mol. The minimum Gasteiger partial charge on any atom is -0.480 e. The minimum atomic E-state index is -0.855. The van der Waals surface area contributed by atoms with Gasteiger partial charge in [0.15, 0.2) is 0 Å². The molecule has 0 radical (unpaired) electrons. The van der Waals surface area contributed by atoms with E-state index in [4.69, 9.17) is 0 Å². The normalized spacial score (nSPS) is 27.7. The zero-order valence-electron chi connectivity index (χ0n) is 13.2. The van der Waals surface area contributed by atoms with E-state index in [2.05, 4.69) is 6.92 Å². The van der Waals surface area contributed by atoms with Crippen molar-refractivity contribution in [2.75, 3.05) is 0 Å². The molecule has 22 heavy (non-hydrogen) atoms. The van der Waals surface area contributed by atoms with Crippen molar-refractivity contribution < 1.29 is 14.7 Å². The van der Waals surface area contributed by atoms with E-state index in [-0.39, 0.29) is 11.9 Å². The van der Waals surface area contributed by atoms with Crippen LogP contribution in [0.3, 0.4) is 0 Å². The lowest BCUT2D eigenvalue weighted by molar-refractivity contribution is -0.141. The lowest BCUT2D eigenvalue weighted by atomic mass is 9.85. The number of fused-ring (bicyclic) bond motifs is 1. The molecule has 4 nitrogen and oxygen atoms in total. The topological polar surface area (TPSA) is 57.6 Å². The lowest BCUT2D eigenvalue weighted by Crippen LogP contribution is -2.46. The summed E-state index contributed by atoms with van der Waals surface area (Å²) in [6.07, 6.45) is 5.80. The van der Waals surface area contributed by atoms with Gasteiger partial charge in [-0.25, -0.2) is 4.79 Å². The van der Waals surface area contributed by atoms with Crippen LogP contribution in [0.2, 0.25) is 0 Å². The fourth-order valence-electron chi connectivity index (χ4n) is 4.08. The molecule has 1 aromatic heterocycles. The van der Waals surface area contributed by atoms with Gasteiger partial charge in [-0.15, -0.1) is 11.3 Å². The van der Waals surface area contributed by atoms with Crippen molar-refractivity contribution in [3.63, 3.8) is 0 Å². The Morgan fingerprint density at radius 2 is 2.09 bits per heavy atom. The van der Waals surface area contributed by atoms with Crippen LogP contribution in [0.15, 0.2) is 6.07 Å². The smallest absolute Gasteiger partial charge is 0.326 e. The van der Waals surface area contributed by atoms with Crippen LogP contribution < -0.4 is 0 Å². The summed E-state index contributed by atoms with van der Waals surface area (Å²) in [6, 6.07) is 1.41. The number of carbonyl (C=O) groups is 2. The largest absolute Gasteiger partial charge is 0.480 e. The van der Waals surface area contributed by atoms with Gasteiger partial charge in [0.25, 0.3) is 5.91 Å².